The molecule has 2 aliphatic rings. The zero-order chi connectivity index (χ0) is 18.6. The van der Waals surface area contributed by atoms with Gasteiger partial charge in [-0.15, -0.1) is 0 Å². The summed E-state index contributed by atoms with van der Waals surface area (Å²) >= 11 is 0. The van der Waals surface area contributed by atoms with Crippen LogP contribution in [0.1, 0.15) is 33.6 Å². The predicted octanol–water partition coefficient (Wildman–Crippen LogP) is 0.766. The second kappa shape index (κ2) is 8.14. The number of rotatable bonds is 5. The number of nitrogens with one attached hydrogen (secondary N) is 1. The summed E-state index contributed by atoms with van der Waals surface area (Å²) in [7, 11) is 0. The van der Waals surface area contributed by atoms with Gasteiger partial charge in [0.2, 0.25) is 5.91 Å². The van der Waals surface area contributed by atoms with Crippen molar-refractivity contribution in [3.63, 3.8) is 0 Å². The molecule has 0 aromatic heterocycles. The fraction of sp³-hybridized carbons (Fsp3) is 0.824. The lowest BCUT2D eigenvalue weighted by molar-refractivity contribution is -0.147. The minimum absolute atomic E-state index is 0.0379. The molecule has 0 aromatic rings. The van der Waals surface area contributed by atoms with Crippen LogP contribution in [0, 0.1) is 11.8 Å². The molecule has 2 atom stereocenters. The van der Waals surface area contributed by atoms with Crippen molar-refractivity contribution in [2.45, 2.75) is 39.3 Å². The summed E-state index contributed by atoms with van der Waals surface area (Å²) in [5, 5.41) is 12.8. The van der Waals surface area contributed by atoms with Crippen LogP contribution in [-0.2, 0) is 14.3 Å². The molecular weight excluding hydrogens is 326 g/mol. The second-order valence-corrected chi connectivity index (χ2v) is 7.26. The number of morpholine rings is 1. The summed E-state index contributed by atoms with van der Waals surface area (Å²) in [5.41, 5.74) is -1.24. The molecule has 2 fully saturated rings. The van der Waals surface area contributed by atoms with Gasteiger partial charge in [-0.1, -0.05) is 13.8 Å². The van der Waals surface area contributed by atoms with Crippen LogP contribution in [0.25, 0.3) is 0 Å². The largest absolute Gasteiger partial charge is 0.465 e. The number of carboxylic acid groups (broad SMARTS) is 1. The fourth-order valence-corrected chi connectivity index (χ4v) is 3.52. The van der Waals surface area contributed by atoms with E-state index in [-0.39, 0.29) is 24.2 Å². The van der Waals surface area contributed by atoms with E-state index >= 15 is 0 Å². The average molecular weight is 355 g/mol. The third kappa shape index (κ3) is 4.30. The highest BCUT2D eigenvalue weighted by atomic mass is 16.5. The summed E-state index contributed by atoms with van der Waals surface area (Å²) in [6, 6.07) is 0. The third-order valence-electron chi connectivity index (χ3n) is 5.01. The van der Waals surface area contributed by atoms with Gasteiger partial charge >= 0.3 is 6.09 Å². The molecule has 2 heterocycles. The molecular formula is C17H29N3O5. The lowest BCUT2D eigenvalue weighted by atomic mass is 9.85. The lowest BCUT2D eigenvalue weighted by Crippen LogP contribution is -2.69. The van der Waals surface area contributed by atoms with Crippen LogP contribution in [0.2, 0.25) is 0 Å². The number of nitrogens with zero attached hydrogens (tertiary/aromatic N) is 2. The van der Waals surface area contributed by atoms with Crippen molar-refractivity contribution in [1.29, 1.82) is 0 Å². The number of carbonyl (C=O) groups is 3. The molecule has 2 saturated heterocycles. The van der Waals surface area contributed by atoms with E-state index in [0.717, 1.165) is 4.90 Å². The van der Waals surface area contributed by atoms with E-state index in [2.05, 4.69) is 5.32 Å². The van der Waals surface area contributed by atoms with Crippen molar-refractivity contribution in [2.24, 2.45) is 11.8 Å². The Bertz CT molecular complexity index is 518. The molecule has 2 amide bonds. The van der Waals surface area contributed by atoms with Gasteiger partial charge in [-0.25, -0.2) is 4.79 Å². The number of hydrogen-bond donors (Lipinski definition) is 2. The van der Waals surface area contributed by atoms with E-state index < -0.39 is 17.7 Å². The molecule has 142 valence electrons. The van der Waals surface area contributed by atoms with Crippen LogP contribution >= 0.6 is 0 Å². The number of likely N-dealkylation sites (tertiary alicyclic amines) is 1. The monoisotopic (exact) mass is 355 g/mol. The zero-order valence-electron chi connectivity index (χ0n) is 15.3. The summed E-state index contributed by atoms with van der Waals surface area (Å²) in [6.07, 6.45) is -0.377. The Labute approximate surface area is 148 Å². The molecule has 0 saturated carbocycles. The van der Waals surface area contributed by atoms with Gasteiger partial charge in [-0.2, -0.15) is 0 Å². The summed E-state index contributed by atoms with van der Waals surface area (Å²) in [4.78, 5) is 39.8. The fourth-order valence-electron chi connectivity index (χ4n) is 3.52. The Hall–Kier alpha value is -1.67. The van der Waals surface area contributed by atoms with Crippen LogP contribution in [-0.4, -0.2) is 77.7 Å². The summed E-state index contributed by atoms with van der Waals surface area (Å²) in [5.74, 6) is -0.412. The Morgan fingerprint density at radius 2 is 1.92 bits per heavy atom. The maximum absolute atomic E-state index is 12.7. The Balaban J connectivity index is 2.16. The number of piperidine rings is 1. The predicted molar refractivity (Wildman–Crippen MR) is 91.1 cm³/mol. The lowest BCUT2D eigenvalue weighted by Gasteiger charge is -2.47. The zero-order valence-corrected chi connectivity index (χ0v) is 15.3. The van der Waals surface area contributed by atoms with Crippen molar-refractivity contribution < 1.29 is 24.2 Å². The van der Waals surface area contributed by atoms with Gasteiger partial charge < -0.3 is 14.7 Å². The summed E-state index contributed by atoms with van der Waals surface area (Å²) in [6.45, 7) is 8.06. The molecule has 0 radical (unpaired) electrons. The minimum Gasteiger partial charge on any atom is -0.465 e. The Morgan fingerprint density at radius 1 is 1.28 bits per heavy atom. The molecule has 2 aliphatic heterocycles. The van der Waals surface area contributed by atoms with Crippen LogP contribution in [0.3, 0.4) is 0 Å². The topological polar surface area (TPSA) is 99.2 Å². The summed E-state index contributed by atoms with van der Waals surface area (Å²) < 4.78 is 5.26. The van der Waals surface area contributed by atoms with E-state index in [9.17, 15) is 19.5 Å². The van der Waals surface area contributed by atoms with Crippen molar-refractivity contribution in [3.05, 3.63) is 0 Å². The van der Waals surface area contributed by atoms with Gasteiger partial charge in [0.15, 0.2) is 11.4 Å². The van der Waals surface area contributed by atoms with E-state index in [0.29, 0.717) is 45.7 Å². The maximum atomic E-state index is 12.7. The van der Waals surface area contributed by atoms with Crippen molar-refractivity contribution in [1.82, 2.24) is 15.1 Å². The number of Topliss-reactive ketones (excluding diaryl/α,β-unsaturated/α-hetero) is 1. The molecule has 2 N–H and O–H groups in total. The molecule has 0 aliphatic carbocycles. The highest BCUT2D eigenvalue weighted by Crippen LogP contribution is 2.31. The van der Waals surface area contributed by atoms with Gasteiger partial charge in [-0.3, -0.25) is 19.8 Å². The highest BCUT2D eigenvalue weighted by Gasteiger charge is 2.49. The molecule has 2 unspecified atom stereocenters. The SMILES string of the molecule is CC(=O)C1(NCC(C)C)CCC(C(=O)N2CCOCC2)CN1C(=O)O. The first-order valence-electron chi connectivity index (χ1n) is 8.91. The van der Waals surface area contributed by atoms with Gasteiger partial charge in [0.25, 0.3) is 0 Å². The molecule has 0 aromatic carbocycles. The third-order valence-corrected chi connectivity index (χ3v) is 5.01. The van der Waals surface area contributed by atoms with Crippen LogP contribution in [0.5, 0.6) is 0 Å². The van der Waals surface area contributed by atoms with Crippen LogP contribution in [0.15, 0.2) is 0 Å². The number of carbonyl (C=O) groups excluding carboxylic acids is 2. The first-order chi connectivity index (χ1) is 11.8. The maximum Gasteiger partial charge on any atom is 0.409 e. The highest BCUT2D eigenvalue weighted by molar-refractivity contribution is 5.90. The Kier molecular flexibility index (Phi) is 6.40. The molecule has 0 bridgehead atoms. The molecule has 2 rings (SSSR count). The molecule has 0 spiro atoms. The van der Waals surface area contributed by atoms with Crippen molar-refractivity contribution in [3.8, 4) is 0 Å². The van der Waals surface area contributed by atoms with E-state index in [4.69, 9.17) is 4.74 Å². The second-order valence-electron chi connectivity index (χ2n) is 7.26. The first kappa shape index (κ1) is 19.7. The average Bonchev–Trinajstić information content (AvgIpc) is 2.59. The number of ketones is 1. The Morgan fingerprint density at radius 3 is 2.44 bits per heavy atom. The van der Waals surface area contributed by atoms with E-state index in [1.54, 1.807) is 4.90 Å². The number of amides is 2. The van der Waals surface area contributed by atoms with Crippen LogP contribution < -0.4 is 5.32 Å². The smallest absolute Gasteiger partial charge is 0.409 e. The van der Waals surface area contributed by atoms with Gasteiger partial charge in [-0.05, 0) is 25.7 Å². The van der Waals surface area contributed by atoms with Crippen LogP contribution in [0.4, 0.5) is 4.79 Å². The van der Waals surface area contributed by atoms with Crippen molar-refractivity contribution in [2.75, 3.05) is 39.4 Å². The van der Waals surface area contributed by atoms with Crippen molar-refractivity contribution >= 4 is 17.8 Å². The molecule has 25 heavy (non-hydrogen) atoms. The standard InChI is InChI=1S/C17H29N3O5/c1-12(2)10-18-17(13(3)21)5-4-14(11-20(17)16(23)24)15(22)19-6-8-25-9-7-19/h12,14,18H,4-11H2,1-3H3,(H,23,24). The normalized spacial score (nSPS) is 27.4. The van der Waals surface area contributed by atoms with E-state index in [1.165, 1.54) is 6.92 Å². The van der Waals surface area contributed by atoms with Gasteiger partial charge in [0.1, 0.15) is 0 Å². The molecule has 8 heteroatoms. The quantitative estimate of drug-likeness (QED) is 0.756. The first-order valence-corrected chi connectivity index (χ1v) is 8.91. The van der Waals surface area contributed by atoms with Gasteiger partial charge in [0.05, 0.1) is 19.1 Å². The molecule has 8 nitrogen and oxygen atoms in total. The van der Waals surface area contributed by atoms with Gasteiger partial charge in [0, 0.05) is 26.2 Å². The number of hydrogen-bond acceptors (Lipinski definition) is 5. The van der Waals surface area contributed by atoms with E-state index in [1.807, 2.05) is 13.8 Å². The minimum atomic E-state index is -1.24. The number of ether oxygens (including phenoxy) is 1.